The quantitative estimate of drug-likeness (QED) is 0.743. The van der Waals surface area contributed by atoms with E-state index in [1.165, 1.54) is 0 Å². The molecule has 0 radical (unpaired) electrons. The van der Waals surface area contributed by atoms with Gasteiger partial charge >= 0.3 is 0 Å². The van der Waals surface area contributed by atoms with Gasteiger partial charge in [0.15, 0.2) is 9.84 Å². The first-order chi connectivity index (χ1) is 7.47. The fourth-order valence-corrected chi connectivity index (χ4v) is 2.54. The van der Waals surface area contributed by atoms with Gasteiger partial charge in [-0.1, -0.05) is 6.07 Å². The lowest BCUT2D eigenvalue weighted by molar-refractivity contribution is 0.163. The molecule has 0 N–H and O–H groups in total. The van der Waals surface area contributed by atoms with Gasteiger partial charge in [-0.25, -0.2) is 8.42 Å². The Morgan fingerprint density at radius 3 is 2.44 bits per heavy atom. The molecule has 0 amide bonds. The molecule has 0 unspecified atom stereocenters. The monoisotopic (exact) mass is 242 g/mol. The molecule has 1 aromatic carbocycles. The molecule has 0 saturated heterocycles. The molecule has 0 aromatic heterocycles. The highest BCUT2D eigenvalue weighted by atomic mass is 32.2. The van der Waals surface area contributed by atoms with E-state index < -0.39 is 9.84 Å². The molecule has 0 heterocycles. The van der Waals surface area contributed by atoms with Crippen LogP contribution in [0.15, 0.2) is 23.1 Å². The molecule has 0 aliphatic carbocycles. The van der Waals surface area contributed by atoms with Crippen molar-refractivity contribution in [3.8, 4) is 0 Å². The largest absolute Gasteiger partial charge is 0.381 e. The van der Waals surface area contributed by atoms with Gasteiger partial charge in [-0.15, -0.1) is 0 Å². The van der Waals surface area contributed by atoms with Crippen molar-refractivity contribution >= 4 is 9.84 Å². The highest BCUT2D eigenvalue weighted by Gasteiger charge is 2.14. The predicted octanol–water partition coefficient (Wildman–Crippen LogP) is 2.11. The van der Waals surface area contributed by atoms with Crippen LogP contribution in [-0.2, 0) is 14.6 Å². The van der Waals surface area contributed by atoms with Crippen LogP contribution in [0, 0.1) is 13.8 Å². The highest BCUT2D eigenvalue weighted by molar-refractivity contribution is 7.91. The first-order valence-corrected chi connectivity index (χ1v) is 7.00. The van der Waals surface area contributed by atoms with E-state index in [0.29, 0.717) is 11.5 Å². The molecule has 0 atom stereocenters. The summed E-state index contributed by atoms with van der Waals surface area (Å²) in [5.74, 6) is 0.0450. The molecular formula is C12H18O3S. The van der Waals surface area contributed by atoms with Gasteiger partial charge < -0.3 is 4.74 Å². The van der Waals surface area contributed by atoms with Crippen molar-refractivity contribution in [2.45, 2.75) is 25.7 Å². The standard InChI is InChI=1S/C12H18O3S/c1-4-15-7-8-16(13,14)12-6-5-10(2)11(3)9-12/h5-6,9H,4,7-8H2,1-3H3. The molecule has 0 fully saturated rings. The zero-order chi connectivity index (χ0) is 12.2. The number of benzene rings is 1. The van der Waals surface area contributed by atoms with Crippen LogP contribution in [-0.4, -0.2) is 27.4 Å². The minimum Gasteiger partial charge on any atom is -0.381 e. The van der Waals surface area contributed by atoms with E-state index in [1.54, 1.807) is 12.1 Å². The summed E-state index contributed by atoms with van der Waals surface area (Å²) in [6, 6.07) is 5.21. The Balaban J connectivity index is 2.86. The number of hydrogen-bond donors (Lipinski definition) is 0. The predicted molar refractivity (Wildman–Crippen MR) is 64.5 cm³/mol. The summed E-state index contributed by atoms with van der Waals surface area (Å²) in [7, 11) is -3.20. The van der Waals surface area contributed by atoms with Crippen LogP contribution in [0.3, 0.4) is 0 Å². The number of hydrogen-bond acceptors (Lipinski definition) is 3. The van der Waals surface area contributed by atoms with Gasteiger partial charge in [0.2, 0.25) is 0 Å². The number of ether oxygens (including phenoxy) is 1. The molecule has 0 aliphatic rings. The molecule has 0 saturated carbocycles. The fourth-order valence-electron chi connectivity index (χ4n) is 1.34. The van der Waals surface area contributed by atoms with Crippen molar-refractivity contribution in [3.63, 3.8) is 0 Å². The second-order valence-electron chi connectivity index (χ2n) is 3.76. The Bertz CT molecular complexity index is 449. The number of sulfone groups is 1. The maximum absolute atomic E-state index is 11.9. The van der Waals surface area contributed by atoms with Crippen LogP contribution in [0.1, 0.15) is 18.1 Å². The number of aryl methyl sites for hydroxylation is 2. The molecule has 0 bridgehead atoms. The van der Waals surface area contributed by atoms with Crippen LogP contribution in [0.25, 0.3) is 0 Å². The minimum atomic E-state index is -3.20. The maximum Gasteiger partial charge on any atom is 0.180 e. The van der Waals surface area contributed by atoms with Crippen molar-refractivity contribution in [1.82, 2.24) is 0 Å². The SMILES string of the molecule is CCOCCS(=O)(=O)c1ccc(C)c(C)c1. The smallest absolute Gasteiger partial charge is 0.180 e. The van der Waals surface area contributed by atoms with Crippen molar-refractivity contribution in [2.24, 2.45) is 0 Å². The summed E-state index contributed by atoms with van der Waals surface area (Å²) in [6.07, 6.45) is 0. The van der Waals surface area contributed by atoms with Crippen molar-refractivity contribution in [3.05, 3.63) is 29.3 Å². The molecule has 1 rings (SSSR count). The summed E-state index contributed by atoms with van der Waals surface area (Å²) in [5.41, 5.74) is 2.10. The Morgan fingerprint density at radius 2 is 1.88 bits per heavy atom. The summed E-state index contributed by atoms with van der Waals surface area (Å²) < 4.78 is 28.8. The molecular weight excluding hydrogens is 224 g/mol. The van der Waals surface area contributed by atoms with Crippen LogP contribution >= 0.6 is 0 Å². The second kappa shape index (κ2) is 5.46. The van der Waals surface area contributed by atoms with Crippen molar-refractivity contribution in [1.29, 1.82) is 0 Å². The zero-order valence-electron chi connectivity index (χ0n) is 9.99. The molecule has 3 nitrogen and oxygen atoms in total. The van der Waals surface area contributed by atoms with Gasteiger partial charge in [0, 0.05) is 6.61 Å². The van der Waals surface area contributed by atoms with E-state index in [0.717, 1.165) is 11.1 Å². The van der Waals surface area contributed by atoms with Crippen LogP contribution in [0.4, 0.5) is 0 Å². The van der Waals surface area contributed by atoms with Crippen LogP contribution in [0.2, 0.25) is 0 Å². The molecule has 0 aliphatic heterocycles. The van der Waals surface area contributed by atoms with Gasteiger partial charge in [0.1, 0.15) is 0 Å². The van der Waals surface area contributed by atoms with Gasteiger partial charge in [0.05, 0.1) is 17.3 Å². The molecule has 0 spiro atoms. The zero-order valence-corrected chi connectivity index (χ0v) is 10.8. The molecule has 1 aromatic rings. The van der Waals surface area contributed by atoms with Gasteiger partial charge in [-0.3, -0.25) is 0 Å². The van der Waals surface area contributed by atoms with Crippen molar-refractivity contribution in [2.75, 3.05) is 19.0 Å². The maximum atomic E-state index is 11.9. The van der Waals surface area contributed by atoms with E-state index in [2.05, 4.69) is 0 Å². The normalized spacial score (nSPS) is 11.7. The van der Waals surface area contributed by atoms with E-state index in [1.807, 2.05) is 26.8 Å². The average molecular weight is 242 g/mol. The first-order valence-electron chi connectivity index (χ1n) is 5.35. The first kappa shape index (κ1) is 13.2. The summed E-state index contributed by atoms with van der Waals surface area (Å²) in [5, 5.41) is 0. The van der Waals surface area contributed by atoms with E-state index in [9.17, 15) is 8.42 Å². The summed E-state index contributed by atoms with van der Waals surface area (Å²) in [4.78, 5) is 0.385. The lowest BCUT2D eigenvalue weighted by atomic mass is 10.1. The van der Waals surface area contributed by atoms with Gasteiger partial charge in [-0.05, 0) is 44.0 Å². The number of rotatable bonds is 5. The Kier molecular flexibility index (Phi) is 4.50. The summed E-state index contributed by atoms with van der Waals surface area (Å²) in [6.45, 7) is 6.53. The third-order valence-electron chi connectivity index (χ3n) is 2.54. The van der Waals surface area contributed by atoms with E-state index in [4.69, 9.17) is 4.74 Å². The molecule has 4 heteroatoms. The van der Waals surface area contributed by atoms with Crippen molar-refractivity contribution < 1.29 is 13.2 Å². The third-order valence-corrected chi connectivity index (χ3v) is 4.21. The third kappa shape index (κ3) is 3.32. The highest BCUT2D eigenvalue weighted by Crippen LogP contribution is 2.15. The Hall–Kier alpha value is -0.870. The minimum absolute atomic E-state index is 0.0450. The average Bonchev–Trinajstić information content (AvgIpc) is 2.22. The molecule has 16 heavy (non-hydrogen) atoms. The summed E-state index contributed by atoms with van der Waals surface area (Å²) >= 11 is 0. The molecule has 90 valence electrons. The second-order valence-corrected chi connectivity index (χ2v) is 5.87. The van der Waals surface area contributed by atoms with Crippen LogP contribution < -0.4 is 0 Å². The lowest BCUT2D eigenvalue weighted by Crippen LogP contribution is -2.12. The van der Waals surface area contributed by atoms with E-state index >= 15 is 0 Å². The van der Waals surface area contributed by atoms with Crippen LogP contribution in [0.5, 0.6) is 0 Å². The van der Waals surface area contributed by atoms with Gasteiger partial charge in [0.25, 0.3) is 0 Å². The fraction of sp³-hybridized carbons (Fsp3) is 0.500. The van der Waals surface area contributed by atoms with E-state index in [-0.39, 0.29) is 12.4 Å². The Morgan fingerprint density at radius 1 is 1.19 bits per heavy atom. The topological polar surface area (TPSA) is 43.4 Å². The lowest BCUT2D eigenvalue weighted by Gasteiger charge is -2.07. The Labute approximate surface area is 97.4 Å². The van der Waals surface area contributed by atoms with Gasteiger partial charge in [-0.2, -0.15) is 0 Å².